The number of aliphatic hydroxyl groups is 1. The number of nitrogens with zero attached hydrogens (tertiary/aromatic N) is 2. The number of carbonyl (C=O) groups is 2. The summed E-state index contributed by atoms with van der Waals surface area (Å²) in [5.74, 6) is -1.30. The molecule has 3 aromatic carbocycles. The Labute approximate surface area is 222 Å². The molecule has 1 fully saturated rings. The number of anilines is 1. The van der Waals surface area contributed by atoms with Gasteiger partial charge in [0.2, 0.25) is 0 Å². The van der Waals surface area contributed by atoms with E-state index in [2.05, 4.69) is 4.98 Å². The molecule has 1 aliphatic rings. The molecule has 38 heavy (non-hydrogen) atoms. The van der Waals surface area contributed by atoms with E-state index in [0.717, 1.165) is 11.1 Å². The first-order valence-corrected chi connectivity index (χ1v) is 13.1. The molecule has 2 heterocycles. The molecule has 1 aliphatic heterocycles. The highest BCUT2D eigenvalue weighted by Gasteiger charge is 2.48. The summed E-state index contributed by atoms with van der Waals surface area (Å²) in [6.07, 6.45) is 0.806. The summed E-state index contributed by atoms with van der Waals surface area (Å²) in [7, 11) is 0. The highest BCUT2D eigenvalue weighted by atomic mass is 32.1. The van der Waals surface area contributed by atoms with Gasteiger partial charge in [-0.05, 0) is 61.4 Å². The van der Waals surface area contributed by atoms with E-state index in [4.69, 9.17) is 9.47 Å². The van der Waals surface area contributed by atoms with E-state index in [1.54, 1.807) is 36.4 Å². The third kappa shape index (κ3) is 4.72. The van der Waals surface area contributed by atoms with E-state index in [-0.39, 0.29) is 16.5 Å². The summed E-state index contributed by atoms with van der Waals surface area (Å²) in [6.45, 7) is 4.86. The Morgan fingerprint density at radius 1 is 1.03 bits per heavy atom. The molecule has 0 saturated carbocycles. The van der Waals surface area contributed by atoms with Crippen molar-refractivity contribution >= 4 is 44.1 Å². The maximum absolute atomic E-state index is 13.8. The minimum atomic E-state index is -1.01. The second-order valence-electron chi connectivity index (χ2n) is 8.66. The number of hydrogen-bond acceptors (Lipinski definition) is 7. The third-order valence-corrected chi connectivity index (χ3v) is 7.09. The van der Waals surface area contributed by atoms with Crippen molar-refractivity contribution in [2.45, 2.75) is 26.3 Å². The number of aliphatic hydroxyl groups excluding tert-OH is 1. The highest BCUT2D eigenvalue weighted by molar-refractivity contribution is 7.22. The Bertz CT molecular complexity index is 1550. The average molecular weight is 533 g/mol. The number of benzene rings is 3. The van der Waals surface area contributed by atoms with Crippen molar-refractivity contribution in [1.82, 2.24) is 4.98 Å². The van der Waals surface area contributed by atoms with Gasteiger partial charge in [-0.15, -0.1) is 0 Å². The maximum Gasteiger partial charge on any atom is 0.301 e. The fourth-order valence-corrected chi connectivity index (χ4v) is 5.37. The summed E-state index contributed by atoms with van der Waals surface area (Å²) < 4.78 is 25.8. The predicted octanol–water partition coefficient (Wildman–Crippen LogP) is 6.25. The molecule has 0 aliphatic carbocycles. The number of aromatic nitrogens is 1. The van der Waals surface area contributed by atoms with E-state index < -0.39 is 23.5 Å². The molecule has 1 aromatic heterocycles. The normalized spacial score (nSPS) is 16.8. The molecule has 9 heteroatoms. The van der Waals surface area contributed by atoms with Gasteiger partial charge in [0.1, 0.15) is 23.1 Å². The van der Waals surface area contributed by atoms with Crippen LogP contribution in [0.3, 0.4) is 0 Å². The lowest BCUT2D eigenvalue weighted by Gasteiger charge is -2.23. The number of thiazole rings is 1. The van der Waals surface area contributed by atoms with Crippen molar-refractivity contribution in [2.75, 3.05) is 18.1 Å². The second kappa shape index (κ2) is 10.6. The standard InChI is InChI=1S/C29H25FN2O5S/c1-3-14-37-20-7-5-6-18(15-20)26(33)24-25(17-8-10-19(30)11-9-17)32(28(35)27(24)34)29-31-22-13-12-21(36-4-2)16-23(22)38-29/h5-13,15-16,25,33H,3-4,14H2,1-2H3. The van der Waals surface area contributed by atoms with E-state index in [9.17, 15) is 19.1 Å². The summed E-state index contributed by atoms with van der Waals surface area (Å²) in [6, 6.07) is 16.6. The molecular formula is C29H25FN2O5S. The summed E-state index contributed by atoms with van der Waals surface area (Å²) in [5, 5.41) is 11.6. The lowest BCUT2D eigenvalue weighted by molar-refractivity contribution is -0.132. The van der Waals surface area contributed by atoms with Gasteiger partial charge >= 0.3 is 5.91 Å². The number of carbonyl (C=O) groups excluding carboxylic acids is 2. The van der Waals surface area contributed by atoms with Crippen LogP contribution in [-0.4, -0.2) is 35.0 Å². The molecule has 1 unspecified atom stereocenters. The van der Waals surface area contributed by atoms with Crippen LogP contribution in [0.25, 0.3) is 16.0 Å². The van der Waals surface area contributed by atoms with Gasteiger partial charge in [0, 0.05) is 5.56 Å². The van der Waals surface area contributed by atoms with Crippen LogP contribution in [0, 0.1) is 5.82 Å². The number of hydrogen-bond donors (Lipinski definition) is 1. The average Bonchev–Trinajstić information content (AvgIpc) is 3.45. The Kier molecular flexibility index (Phi) is 7.11. The fraction of sp³-hybridized carbons (Fsp3) is 0.207. The van der Waals surface area contributed by atoms with E-state index in [0.29, 0.717) is 41.4 Å². The lowest BCUT2D eigenvalue weighted by Crippen LogP contribution is -2.29. The zero-order valence-corrected chi connectivity index (χ0v) is 21.6. The van der Waals surface area contributed by atoms with Crippen LogP contribution < -0.4 is 14.4 Å². The Morgan fingerprint density at radius 3 is 2.53 bits per heavy atom. The van der Waals surface area contributed by atoms with Crippen molar-refractivity contribution in [1.29, 1.82) is 0 Å². The molecule has 1 amide bonds. The van der Waals surface area contributed by atoms with Crippen LogP contribution in [-0.2, 0) is 9.59 Å². The molecule has 1 N–H and O–H groups in total. The van der Waals surface area contributed by atoms with Crippen LogP contribution in [0.4, 0.5) is 9.52 Å². The molecule has 0 bridgehead atoms. The Hall–Kier alpha value is -4.24. The zero-order chi connectivity index (χ0) is 26.8. The fourth-order valence-electron chi connectivity index (χ4n) is 4.35. The number of ether oxygens (including phenoxy) is 2. The minimum Gasteiger partial charge on any atom is -0.507 e. The smallest absolute Gasteiger partial charge is 0.301 e. The van der Waals surface area contributed by atoms with Crippen LogP contribution in [0.1, 0.15) is 37.4 Å². The Morgan fingerprint density at radius 2 is 1.79 bits per heavy atom. The van der Waals surface area contributed by atoms with Crippen LogP contribution in [0.5, 0.6) is 11.5 Å². The number of Topliss-reactive ketones (excluding diaryl/α,β-unsaturated/α-hetero) is 1. The summed E-state index contributed by atoms with van der Waals surface area (Å²) >= 11 is 1.23. The first kappa shape index (κ1) is 25.4. The number of amides is 1. The minimum absolute atomic E-state index is 0.108. The predicted molar refractivity (Wildman–Crippen MR) is 144 cm³/mol. The molecule has 194 valence electrons. The van der Waals surface area contributed by atoms with E-state index in [1.165, 1.54) is 40.5 Å². The molecule has 1 atom stereocenters. The first-order valence-electron chi connectivity index (χ1n) is 12.2. The number of fused-ring (bicyclic) bond motifs is 1. The topological polar surface area (TPSA) is 89.0 Å². The van der Waals surface area contributed by atoms with Gasteiger partial charge in [0.05, 0.1) is 35.0 Å². The van der Waals surface area contributed by atoms with Gasteiger partial charge in [0.25, 0.3) is 5.78 Å². The summed E-state index contributed by atoms with van der Waals surface area (Å²) in [5.41, 5.74) is 1.31. The second-order valence-corrected chi connectivity index (χ2v) is 9.67. The van der Waals surface area contributed by atoms with Crippen LogP contribution in [0.2, 0.25) is 0 Å². The molecule has 0 spiro atoms. The van der Waals surface area contributed by atoms with Gasteiger partial charge in [0.15, 0.2) is 5.13 Å². The van der Waals surface area contributed by atoms with Crippen LogP contribution >= 0.6 is 11.3 Å². The maximum atomic E-state index is 13.8. The van der Waals surface area contributed by atoms with Gasteiger partial charge in [-0.3, -0.25) is 14.5 Å². The molecule has 5 rings (SSSR count). The van der Waals surface area contributed by atoms with Gasteiger partial charge < -0.3 is 14.6 Å². The molecule has 0 radical (unpaired) electrons. The van der Waals surface area contributed by atoms with Gasteiger partial charge in [-0.25, -0.2) is 9.37 Å². The number of halogens is 1. The van der Waals surface area contributed by atoms with Crippen molar-refractivity contribution in [2.24, 2.45) is 0 Å². The molecular weight excluding hydrogens is 507 g/mol. The molecule has 7 nitrogen and oxygen atoms in total. The SMILES string of the molecule is CCCOc1cccc(C(O)=C2C(=O)C(=O)N(c3nc4ccc(OCC)cc4s3)C2c2ccc(F)cc2)c1. The van der Waals surface area contributed by atoms with Gasteiger partial charge in [-0.2, -0.15) is 0 Å². The zero-order valence-electron chi connectivity index (χ0n) is 20.8. The molecule has 1 saturated heterocycles. The van der Waals surface area contributed by atoms with E-state index in [1.807, 2.05) is 19.9 Å². The lowest BCUT2D eigenvalue weighted by atomic mass is 9.95. The van der Waals surface area contributed by atoms with Crippen molar-refractivity contribution < 1.29 is 28.6 Å². The quantitative estimate of drug-likeness (QED) is 0.164. The first-order chi connectivity index (χ1) is 18.4. The van der Waals surface area contributed by atoms with Crippen molar-refractivity contribution in [3.8, 4) is 11.5 Å². The van der Waals surface area contributed by atoms with Gasteiger partial charge in [-0.1, -0.05) is 42.5 Å². The third-order valence-electron chi connectivity index (χ3n) is 6.08. The Balaban J connectivity index is 1.65. The van der Waals surface area contributed by atoms with Crippen molar-refractivity contribution in [3.63, 3.8) is 0 Å². The molecule has 4 aromatic rings. The van der Waals surface area contributed by atoms with Crippen LogP contribution in [0.15, 0.2) is 72.3 Å². The summed E-state index contributed by atoms with van der Waals surface area (Å²) in [4.78, 5) is 32.7. The number of rotatable bonds is 8. The highest BCUT2D eigenvalue weighted by Crippen LogP contribution is 2.44. The monoisotopic (exact) mass is 532 g/mol. The number of ketones is 1. The largest absolute Gasteiger partial charge is 0.507 e. The van der Waals surface area contributed by atoms with E-state index >= 15 is 0 Å². The van der Waals surface area contributed by atoms with Crippen molar-refractivity contribution in [3.05, 3.63) is 89.2 Å².